The quantitative estimate of drug-likeness (QED) is 0.865. The van der Waals surface area contributed by atoms with Gasteiger partial charge in [-0.3, -0.25) is 4.79 Å². The van der Waals surface area contributed by atoms with Gasteiger partial charge < -0.3 is 10.1 Å². The van der Waals surface area contributed by atoms with Gasteiger partial charge in [-0.15, -0.1) is 0 Å². The molecule has 1 aromatic heterocycles. The fraction of sp³-hybridized carbons (Fsp3) is 0.333. The maximum atomic E-state index is 13.4. The zero-order chi connectivity index (χ0) is 15.0. The summed E-state index contributed by atoms with van der Waals surface area (Å²) in [5, 5.41) is 10.1. The summed E-state index contributed by atoms with van der Waals surface area (Å²) in [6.45, 7) is 0. The number of nitrogens with one attached hydrogen (secondary N) is 1. The van der Waals surface area contributed by atoms with Crippen LogP contribution in [0.1, 0.15) is 37.2 Å². The van der Waals surface area contributed by atoms with Gasteiger partial charge in [0, 0.05) is 10.0 Å². The van der Waals surface area contributed by atoms with Crippen molar-refractivity contribution >= 4 is 15.9 Å². The summed E-state index contributed by atoms with van der Waals surface area (Å²) < 4.78 is 14.0. The molecular formula is C15H14BrFN2O2. The second kappa shape index (κ2) is 5.60. The van der Waals surface area contributed by atoms with Gasteiger partial charge in [-0.25, -0.2) is 4.39 Å². The minimum Gasteiger partial charge on any atom is -0.493 e. The SMILES string of the molecule is O=c1[nH]c(-c2cc(F)cc(Br)c2)nc(O)c1C1CCCC1. The summed E-state index contributed by atoms with van der Waals surface area (Å²) in [7, 11) is 0. The van der Waals surface area contributed by atoms with E-state index >= 15 is 0 Å². The van der Waals surface area contributed by atoms with E-state index in [1.807, 2.05) is 0 Å². The molecule has 0 saturated heterocycles. The highest BCUT2D eigenvalue weighted by Gasteiger charge is 2.24. The van der Waals surface area contributed by atoms with Crippen LogP contribution in [0.2, 0.25) is 0 Å². The molecule has 1 aliphatic rings. The van der Waals surface area contributed by atoms with Crippen LogP contribution in [0.25, 0.3) is 11.4 Å². The molecule has 0 amide bonds. The number of H-pyrrole nitrogens is 1. The second-order valence-electron chi connectivity index (χ2n) is 5.29. The molecule has 3 rings (SSSR count). The van der Waals surface area contributed by atoms with Crippen molar-refractivity contribution in [2.45, 2.75) is 31.6 Å². The van der Waals surface area contributed by atoms with E-state index in [2.05, 4.69) is 25.9 Å². The Morgan fingerprint density at radius 3 is 2.62 bits per heavy atom. The number of benzene rings is 1. The van der Waals surface area contributed by atoms with E-state index in [4.69, 9.17) is 0 Å². The second-order valence-corrected chi connectivity index (χ2v) is 6.21. The van der Waals surface area contributed by atoms with Crippen molar-refractivity contribution in [2.24, 2.45) is 0 Å². The van der Waals surface area contributed by atoms with Crippen LogP contribution >= 0.6 is 15.9 Å². The van der Waals surface area contributed by atoms with Gasteiger partial charge in [-0.1, -0.05) is 28.8 Å². The van der Waals surface area contributed by atoms with E-state index < -0.39 is 5.82 Å². The van der Waals surface area contributed by atoms with E-state index in [1.165, 1.54) is 12.1 Å². The van der Waals surface area contributed by atoms with Crippen LogP contribution in [-0.2, 0) is 0 Å². The van der Waals surface area contributed by atoms with Gasteiger partial charge in [-0.2, -0.15) is 4.98 Å². The van der Waals surface area contributed by atoms with Crippen molar-refractivity contribution in [1.29, 1.82) is 0 Å². The lowest BCUT2D eigenvalue weighted by molar-refractivity contribution is 0.436. The topological polar surface area (TPSA) is 66.0 Å². The van der Waals surface area contributed by atoms with E-state index in [0.717, 1.165) is 25.7 Å². The molecule has 110 valence electrons. The number of nitrogens with zero attached hydrogens (tertiary/aromatic N) is 1. The summed E-state index contributed by atoms with van der Waals surface area (Å²) in [6, 6.07) is 4.21. The maximum absolute atomic E-state index is 13.4. The van der Waals surface area contributed by atoms with Crippen molar-refractivity contribution in [3.05, 3.63) is 44.4 Å². The number of aromatic nitrogens is 2. The fourth-order valence-corrected chi connectivity index (χ4v) is 3.35. The predicted molar refractivity (Wildman–Crippen MR) is 80.8 cm³/mol. The molecule has 0 bridgehead atoms. The number of aromatic amines is 1. The number of halogens is 2. The van der Waals surface area contributed by atoms with Crippen LogP contribution in [0.4, 0.5) is 4.39 Å². The van der Waals surface area contributed by atoms with Gasteiger partial charge in [0.25, 0.3) is 5.56 Å². The standard InChI is InChI=1S/C15H14BrFN2O2/c16-10-5-9(6-11(17)7-10)13-18-14(20)12(15(21)19-13)8-3-1-2-4-8/h5-8H,1-4H2,(H2,18,19,20,21). The third-order valence-electron chi connectivity index (χ3n) is 3.83. The lowest BCUT2D eigenvalue weighted by Gasteiger charge is -2.11. The first-order valence-corrected chi connectivity index (χ1v) is 7.63. The molecular weight excluding hydrogens is 339 g/mol. The van der Waals surface area contributed by atoms with Gasteiger partial charge >= 0.3 is 0 Å². The number of rotatable bonds is 2. The van der Waals surface area contributed by atoms with Gasteiger partial charge in [0.1, 0.15) is 11.6 Å². The molecule has 0 aliphatic heterocycles. The zero-order valence-corrected chi connectivity index (χ0v) is 12.8. The Hall–Kier alpha value is -1.69. The molecule has 0 unspecified atom stereocenters. The van der Waals surface area contributed by atoms with Crippen molar-refractivity contribution in [3.63, 3.8) is 0 Å². The minimum absolute atomic E-state index is 0.0644. The molecule has 6 heteroatoms. The molecule has 1 saturated carbocycles. The van der Waals surface area contributed by atoms with Crippen LogP contribution in [0, 0.1) is 5.82 Å². The summed E-state index contributed by atoms with van der Waals surface area (Å²) >= 11 is 3.19. The van der Waals surface area contributed by atoms with Crippen molar-refractivity contribution in [3.8, 4) is 17.3 Å². The maximum Gasteiger partial charge on any atom is 0.258 e. The fourth-order valence-electron chi connectivity index (χ4n) is 2.88. The minimum atomic E-state index is -0.443. The molecule has 1 fully saturated rings. The highest BCUT2D eigenvalue weighted by Crippen LogP contribution is 2.36. The van der Waals surface area contributed by atoms with Crippen LogP contribution in [0.15, 0.2) is 27.5 Å². The van der Waals surface area contributed by atoms with Gasteiger partial charge in [0.2, 0.25) is 5.88 Å². The lowest BCUT2D eigenvalue weighted by atomic mass is 10.00. The molecule has 1 heterocycles. The first-order chi connectivity index (χ1) is 10.0. The predicted octanol–water partition coefficient (Wildman–Crippen LogP) is 3.70. The summed E-state index contributed by atoms with van der Waals surface area (Å²) in [4.78, 5) is 18.9. The zero-order valence-electron chi connectivity index (χ0n) is 11.2. The molecule has 4 nitrogen and oxygen atoms in total. The van der Waals surface area contributed by atoms with Crippen LogP contribution < -0.4 is 5.56 Å². The monoisotopic (exact) mass is 352 g/mol. The van der Waals surface area contributed by atoms with E-state index in [0.29, 0.717) is 15.6 Å². The van der Waals surface area contributed by atoms with Crippen LogP contribution in [-0.4, -0.2) is 15.1 Å². The molecule has 21 heavy (non-hydrogen) atoms. The molecule has 1 aromatic carbocycles. The van der Waals surface area contributed by atoms with Crippen LogP contribution in [0.5, 0.6) is 5.88 Å². The Labute approximate surface area is 129 Å². The Bertz CT molecular complexity index is 719. The number of hydrogen-bond donors (Lipinski definition) is 2. The summed E-state index contributed by atoms with van der Waals surface area (Å²) in [5.41, 5.74) is 0.420. The third kappa shape index (κ3) is 2.85. The lowest BCUT2D eigenvalue weighted by Crippen LogP contribution is -2.17. The Morgan fingerprint density at radius 1 is 1.29 bits per heavy atom. The molecule has 1 aliphatic carbocycles. The Kier molecular flexibility index (Phi) is 3.80. The highest BCUT2D eigenvalue weighted by atomic mass is 79.9. The average molecular weight is 353 g/mol. The molecule has 2 N–H and O–H groups in total. The van der Waals surface area contributed by atoms with Gasteiger partial charge in [-0.05, 0) is 37.0 Å². The smallest absolute Gasteiger partial charge is 0.258 e. The normalized spacial score (nSPS) is 15.5. The molecule has 0 spiro atoms. The van der Waals surface area contributed by atoms with Crippen molar-refractivity contribution < 1.29 is 9.50 Å². The Balaban J connectivity index is 2.07. The van der Waals surface area contributed by atoms with Crippen molar-refractivity contribution in [1.82, 2.24) is 9.97 Å². The highest BCUT2D eigenvalue weighted by molar-refractivity contribution is 9.10. The molecule has 2 aromatic rings. The van der Waals surface area contributed by atoms with Gasteiger partial charge in [0.05, 0.1) is 5.56 Å². The summed E-state index contributed by atoms with van der Waals surface area (Å²) in [5.74, 6) is -0.462. The van der Waals surface area contributed by atoms with E-state index in [9.17, 15) is 14.3 Å². The van der Waals surface area contributed by atoms with E-state index in [-0.39, 0.29) is 23.2 Å². The molecule has 0 radical (unpaired) electrons. The third-order valence-corrected chi connectivity index (χ3v) is 4.29. The van der Waals surface area contributed by atoms with Crippen LogP contribution in [0.3, 0.4) is 0 Å². The first kappa shape index (κ1) is 14.3. The van der Waals surface area contributed by atoms with E-state index in [1.54, 1.807) is 6.07 Å². The first-order valence-electron chi connectivity index (χ1n) is 6.84. The summed E-state index contributed by atoms with van der Waals surface area (Å²) in [6.07, 6.45) is 3.90. The molecule has 0 atom stereocenters. The largest absolute Gasteiger partial charge is 0.493 e. The Morgan fingerprint density at radius 2 is 2.00 bits per heavy atom. The number of aromatic hydroxyl groups is 1. The van der Waals surface area contributed by atoms with Gasteiger partial charge in [0.15, 0.2) is 0 Å². The average Bonchev–Trinajstić information content (AvgIpc) is 2.90. The van der Waals surface area contributed by atoms with Crippen molar-refractivity contribution in [2.75, 3.05) is 0 Å². The number of hydrogen-bond acceptors (Lipinski definition) is 3.